The average molecular weight is 345 g/mol. The van der Waals surface area contributed by atoms with Gasteiger partial charge in [-0.15, -0.1) is 0 Å². The van der Waals surface area contributed by atoms with Gasteiger partial charge in [0.25, 0.3) is 0 Å². The number of hydrogen-bond donors (Lipinski definition) is 1. The van der Waals surface area contributed by atoms with E-state index in [0.717, 1.165) is 51.3 Å². The molecule has 0 saturated carbocycles. The van der Waals surface area contributed by atoms with E-state index in [9.17, 15) is 4.79 Å². The van der Waals surface area contributed by atoms with Gasteiger partial charge in [-0.25, -0.2) is 0 Å². The highest BCUT2D eigenvalue weighted by Gasteiger charge is 2.32. The number of piperidine rings is 1. The summed E-state index contributed by atoms with van der Waals surface area (Å²) in [6.45, 7) is 8.54. The molecule has 2 fully saturated rings. The van der Waals surface area contributed by atoms with E-state index in [2.05, 4.69) is 34.3 Å². The second kappa shape index (κ2) is 8.19. The van der Waals surface area contributed by atoms with Crippen molar-refractivity contribution in [1.29, 1.82) is 0 Å². The summed E-state index contributed by atoms with van der Waals surface area (Å²) in [5, 5.41) is 3.34. The minimum Gasteiger partial charge on any atom is -0.491 e. The normalized spacial score (nSPS) is 23.0. The van der Waals surface area contributed by atoms with Gasteiger partial charge in [-0.3, -0.25) is 9.69 Å². The van der Waals surface area contributed by atoms with Crippen molar-refractivity contribution in [3.05, 3.63) is 29.8 Å². The first kappa shape index (κ1) is 18.2. The minimum absolute atomic E-state index is 0.182. The van der Waals surface area contributed by atoms with Crippen molar-refractivity contribution in [1.82, 2.24) is 15.1 Å². The molecule has 2 saturated heterocycles. The zero-order valence-electron chi connectivity index (χ0n) is 15.7. The highest BCUT2D eigenvalue weighted by Crippen LogP contribution is 2.27. The van der Waals surface area contributed by atoms with E-state index in [1.54, 1.807) is 0 Å². The molecular formula is C20H31N3O2. The number of nitrogens with one attached hydrogen (secondary N) is 1. The fourth-order valence-corrected chi connectivity index (χ4v) is 3.80. The van der Waals surface area contributed by atoms with Crippen LogP contribution in [0.3, 0.4) is 0 Å². The van der Waals surface area contributed by atoms with Crippen LogP contribution < -0.4 is 10.1 Å². The van der Waals surface area contributed by atoms with Crippen molar-refractivity contribution in [2.24, 2.45) is 5.92 Å². The van der Waals surface area contributed by atoms with E-state index >= 15 is 0 Å². The Morgan fingerprint density at radius 1 is 1.16 bits per heavy atom. The van der Waals surface area contributed by atoms with Crippen LogP contribution in [0.1, 0.15) is 38.3 Å². The minimum atomic E-state index is 0.182. The molecule has 25 heavy (non-hydrogen) atoms. The number of amides is 1. The van der Waals surface area contributed by atoms with Gasteiger partial charge < -0.3 is 15.0 Å². The van der Waals surface area contributed by atoms with Crippen LogP contribution in [0.15, 0.2) is 24.3 Å². The number of likely N-dealkylation sites (N-methyl/N-ethyl adjacent to an activating group) is 1. The van der Waals surface area contributed by atoms with Crippen molar-refractivity contribution < 1.29 is 9.53 Å². The fourth-order valence-electron chi connectivity index (χ4n) is 3.80. The molecule has 5 heteroatoms. The second-order valence-corrected chi connectivity index (χ2v) is 7.54. The zero-order valence-corrected chi connectivity index (χ0v) is 15.7. The maximum absolute atomic E-state index is 12.9. The summed E-state index contributed by atoms with van der Waals surface area (Å²) in [5.41, 5.74) is 1.25. The first-order valence-electron chi connectivity index (χ1n) is 9.51. The number of carbonyl (C=O) groups excluding carboxylic acids is 1. The predicted octanol–water partition coefficient (Wildman–Crippen LogP) is 2.29. The number of rotatable bonds is 4. The maximum Gasteiger partial charge on any atom is 0.225 e. The Morgan fingerprint density at radius 2 is 1.84 bits per heavy atom. The third-order valence-corrected chi connectivity index (χ3v) is 5.28. The van der Waals surface area contributed by atoms with Gasteiger partial charge in [0, 0.05) is 25.6 Å². The Balaban J connectivity index is 1.66. The molecule has 1 unspecified atom stereocenters. The Bertz CT molecular complexity index is 567. The first-order valence-corrected chi connectivity index (χ1v) is 9.51. The van der Waals surface area contributed by atoms with Crippen molar-refractivity contribution in [3.8, 4) is 5.75 Å². The Morgan fingerprint density at radius 3 is 2.48 bits per heavy atom. The van der Waals surface area contributed by atoms with Crippen LogP contribution in [-0.4, -0.2) is 61.6 Å². The van der Waals surface area contributed by atoms with Gasteiger partial charge >= 0.3 is 0 Å². The molecule has 3 rings (SSSR count). The summed E-state index contributed by atoms with van der Waals surface area (Å²) >= 11 is 0. The number of hydrogen-bond acceptors (Lipinski definition) is 4. The molecule has 0 radical (unpaired) electrons. The summed E-state index contributed by atoms with van der Waals surface area (Å²) in [7, 11) is 2.15. The van der Waals surface area contributed by atoms with E-state index in [1.165, 1.54) is 5.56 Å². The lowest BCUT2D eigenvalue weighted by atomic mass is 9.95. The maximum atomic E-state index is 12.9. The highest BCUT2D eigenvalue weighted by atomic mass is 16.5. The molecule has 1 amide bonds. The van der Waals surface area contributed by atoms with Crippen LogP contribution in [0.25, 0.3) is 0 Å². The van der Waals surface area contributed by atoms with Crippen molar-refractivity contribution in [2.45, 2.75) is 38.8 Å². The smallest absolute Gasteiger partial charge is 0.225 e. The lowest BCUT2D eigenvalue weighted by Gasteiger charge is -2.41. The lowest BCUT2D eigenvalue weighted by molar-refractivity contribution is -0.139. The Kier molecular flexibility index (Phi) is 5.97. The fraction of sp³-hybridized carbons (Fsp3) is 0.650. The van der Waals surface area contributed by atoms with Gasteiger partial charge in [-0.2, -0.15) is 0 Å². The number of carbonyl (C=O) groups is 1. The quantitative estimate of drug-likeness (QED) is 0.909. The number of nitrogens with zero attached hydrogens (tertiary/aromatic N) is 2. The Hall–Kier alpha value is -1.59. The van der Waals surface area contributed by atoms with Gasteiger partial charge in [0.1, 0.15) is 5.75 Å². The molecule has 1 atom stereocenters. The summed E-state index contributed by atoms with van der Waals surface area (Å²) in [4.78, 5) is 17.3. The largest absolute Gasteiger partial charge is 0.491 e. The first-order chi connectivity index (χ1) is 12.0. The molecule has 0 aromatic heterocycles. The molecule has 138 valence electrons. The molecule has 2 aliphatic heterocycles. The standard InChI is InChI=1S/C20H31N3O2/c1-15(2)25-18-6-4-16(5-7-18)19-14-23(13-12-22(19)3)20(24)17-8-10-21-11-9-17/h4-7,15,17,19,21H,8-14H2,1-3H3. The number of benzene rings is 1. The van der Waals surface area contributed by atoms with E-state index in [0.29, 0.717) is 5.91 Å². The van der Waals surface area contributed by atoms with Gasteiger partial charge in [0.05, 0.1) is 12.1 Å². The summed E-state index contributed by atoms with van der Waals surface area (Å²) in [6.07, 6.45) is 2.12. The van der Waals surface area contributed by atoms with E-state index < -0.39 is 0 Å². The van der Waals surface area contributed by atoms with Crippen molar-refractivity contribution in [3.63, 3.8) is 0 Å². The summed E-state index contributed by atoms with van der Waals surface area (Å²) < 4.78 is 5.74. The van der Waals surface area contributed by atoms with Crippen LogP contribution in [0.5, 0.6) is 5.75 Å². The van der Waals surface area contributed by atoms with E-state index in [-0.39, 0.29) is 18.1 Å². The SMILES string of the molecule is CC(C)Oc1ccc(C2CN(C(=O)C3CCNCC3)CCN2C)cc1. The third kappa shape index (κ3) is 4.53. The Labute approximate surface area is 151 Å². The molecule has 2 heterocycles. The van der Waals surface area contributed by atoms with E-state index in [4.69, 9.17) is 4.74 Å². The monoisotopic (exact) mass is 345 g/mol. The van der Waals surface area contributed by atoms with Crippen LogP contribution in [-0.2, 0) is 4.79 Å². The van der Waals surface area contributed by atoms with Crippen LogP contribution >= 0.6 is 0 Å². The number of piperazine rings is 1. The lowest BCUT2D eigenvalue weighted by Crippen LogP contribution is -2.51. The van der Waals surface area contributed by atoms with Gasteiger partial charge in [0.15, 0.2) is 0 Å². The van der Waals surface area contributed by atoms with Crippen LogP contribution in [0.4, 0.5) is 0 Å². The molecule has 2 aliphatic rings. The average Bonchev–Trinajstić information content (AvgIpc) is 2.63. The van der Waals surface area contributed by atoms with Gasteiger partial charge in [-0.05, 0) is 64.5 Å². The molecule has 1 aromatic rings. The second-order valence-electron chi connectivity index (χ2n) is 7.54. The topological polar surface area (TPSA) is 44.8 Å². The molecule has 0 bridgehead atoms. The molecular weight excluding hydrogens is 314 g/mol. The van der Waals surface area contributed by atoms with Crippen molar-refractivity contribution >= 4 is 5.91 Å². The van der Waals surface area contributed by atoms with Crippen LogP contribution in [0, 0.1) is 5.92 Å². The molecule has 1 aromatic carbocycles. The molecule has 1 N–H and O–H groups in total. The summed E-state index contributed by atoms with van der Waals surface area (Å²) in [6, 6.07) is 8.61. The van der Waals surface area contributed by atoms with Crippen LogP contribution in [0.2, 0.25) is 0 Å². The van der Waals surface area contributed by atoms with Gasteiger partial charge in [-0.1, -0.05) is 12.1 Å². The predicted molar refractivity (Wildman–Crippen MR) is 99.8 cm³/mol. The number of ether oxygens (including phenoxy) is 1. The molecule has 0 aliphatic carbocycles. The van der Waals surface area contributed by atoms with Crippen molar-refractivity contribution in [2.75, 3.05) is 39.8 Å². The summed E-state index contributed by atoms with van der Waals surface area (Å²) in [5.74, 6) is 1.45. The molecule has 5 nitrogen and oxygen atoms in total. The zero-order chi connectivity index (χ0) is 17.8. The third-order valence-electron chi connectivity index (χ3n) is 5.28. The highest BCUT2D eigenvalue weighted by molar-refractivity contribution is 5.79. The van der Waals surface area contributed by atoms with Gasteiger partial charge in [0.2, 0.25) is 5.91 Å². The van der Waals surface area contributed by atoms with E-state index in [1.807, 2.05) is 26.0 Å². The molecule has 0 spiro atoms.